The predicted molar refractivity (Wildman–Crippen MR) is 116 cm³/mol. The molecule has 0 aliphatic heterocycles. The Morgan fingerprint density at radius 3 is 2.88 bits per heavy atom. The maximum absolute atomic E-state index is 12.1. The summed E-state index contributed by atoms with van der Waals surface area (Å²) in [4.78, 5) is 18.5. The molecule has 0 unspecified atom stereocenters. The largest absolute Gasteiger partial charge is 0.357 e. The molecule has 1 rings (SSSR count). The van der Waals surface area contributed by atoms with Crippen molar-refractivity contribution in [2.45, 2.75) is 19.8 Å². The fraction of sp³-hybridized carbons (Fsp3) is 0.368. The van der Waals surface area contributed by atoms with E-state index in [2.05, 4.69) is 28.1 Å². The van der Waals surface area contributed by atoms with Crippen molar-refractivity contribution in [1.82, 2.24) is 10.2 Å². The number of amides is 1. The molecule has 0 spiro atoms. The van der Waals surface area contributed by atoms with E-state index < -0.39 is 0 Å². The second kappa shape index (κ2) is 13.3. The second-order valence-electron chi connectivity index (χ2n) is 5.30. The maximum Gasteiger partial charge on any atom is 0.246 e. The molecule has 1 amide bonds. The summed E-state index contributed by atoms with van der Waals surface area (Å²) in [5, 5.41) is 5.99. The molecule has 0 aromatic heterocycles. The smallest absolute Gasteiger partial charge is 0.246 e. The Morgan fingerprint density at radius 2 is 2.24 bits per heavy atom. The second-order valence-corrected chi connectivity index (χ2v) is 5.30. The van der Waals surface area contributed by atoms with E-state index in [1.54, 1.807) is 12.1 Å². The molecule has 0 heterocycles. The number of nitrogens with zero attached hydrogens (tertiary/aromatic N) is 2. The summed E-state index contributed by atoms with van der Waals surface area (Å²) in [5.41, 5.74) is 1.40. The lowest BCUT2D eigenvalue weighted by Crippen LogP contribution is -2.40. The highest BCUT2D eigenvalue weighted by Crippen LogP contribution is 2.09. The van der Waals surface area contributed by atoms with Crippen LogP contribution in [-0.4, -0.2) is 43.4 Å². The number of allylic oxidation sites excluding steroid dienone is 1. The Hall–Kier alpha value is -2.01. The molecule has 0 fully saturated rings. The number of halogens is 1. The zero-order valence-corrected chi connectivity index (χ0v) is 17.2. The molecule has 0 saturated carbocycles. The lowest BCUT2D eigenvalue weighted by molar-refractivity contribution is -0.114. The zero-order valence-electron chi connectivity index (χ0n) is 14.9. The van der Waals surface area contributed by atoms with Crippen LogP contribution in [0.1, 0.15) is 25.3 Å². The van der Waals surface area contributed by atoms with E-state index in [-0.39, 0.29) is 36.4 Å². The van der Waals surface area contributed by atoms with Crippen molar-refractivity contribution in [3.05, 3.63) is 42.5 Å². The third kappa shape index (κ3) is 9.15. The van der Waals surface area contributed by atoms with Gasteiger partial charge in [0, 0.05) is 31.4 Å². The maximum atomic E-state index is 12.1. The van der Waals surface area contributed by atoms with E-state index in [9.17, 15) is 4.79 Å². The predicted octanol–water partition coefficient (Wildman–Crippen LogP) is 3.09. The number of guanidine groups is 1. The quantitative estimate of drug-likeness (QED) is 0.159. The van der Waals surface area contributed by atoms with E-state index in [1.165, 1.54) is 0 Å². The van der Waals surface area contributed by atoms with Gasteiger partial charge in [-0.05, 0) is 38.0 Å². The van der Waals surface area contributed by atoms with E-state index in [1.807, 2.05) is 37.1 Å². The van der Waals surface area contributed by atoms with Gasteiger partial charge in [-0.2, -0.15) is 0 Å². The molecular formula is C19H27IN4O. The first-order valence-corrected chi connectivity index (χ1v) is 8.07. The Bertz CT molecular complexity index is 622. The summed E-state index contributed by atoms with van der Waals surface area (Å²) in [7, 11) is 1.96. The number of benzene rings is 1. The van der Waals surface area contributed by atoms with Gasteiger partial charge in [0.1, 0.15) is 6.54 Å². The van der Waals surface area contributed by atoms with Crippen LogP contribution < -0.4 is 10.6 Å². The van der Waals surface area contributed by atoms with Gasteiger partial charge in [-0.25, -0.2) is 4.99 Å². The summed E-state index contributed by atoms with van der Waals surface area (Å²) in [6.07, 6.45) is 9.21. The number of hydrogen-bond donors (Lipinski definition) is 2. The van der Waals surface area contributed by atoms with Gasteiger partial charge in [0.05, 0.1) is 0 Å². The highest BCUT2D eigenvalue weighted by atomic mass is 127. The average Bonchev–Trinajstić information content (AvgIpc) is 2.58. The van der Waals surface area contributed by atoms with E-state index >= 15 is 0 Å². The van der Waals surface area contributed by atoms with Crippen LogP contribution in [0.2, 0.25) is 0 Å². The number of unbranched alkanes of at least 4 members (excludes halogenated alkanes) is 1. The van der Waals surface area contributed by atoms with Crippen molar-refractivity contribution < 1.29 is 4.79 Å². The van der Waals surface area contributed by atoms with Crippen molar-refractivity contribution in [2.24, 2.45) is 4.99 Å². The van der Waals surface area contributed by atoms with Crippen LogP contribution >= 0.6 is 24.0 Å². The van der Waals surface area contributed by atoms with Crippen LogP contribution in [0, 0.1) is 12.3 Å². The van der Waals surface area contributed by atoms with E-state index in [4.69, 9.17) is 6.42 Å². The summed E-state index contributed by atoms with van der Waals surface area (Å²) < 4.78 is 0. The summed E-state index contributed by atoms with van der Waals surface area (Å²) >= 11 is 0. The summed E-state index contributed by atoms with van der Waals surface area (Å²) in [5.74, 6) is 3.08. The molecule has 1 aromatic rings. The first-order valence-electron chi connectivity index (χ1n) is 8.07. The molecule has 0 radical (unpaired) electrons. The normalized spacial score (nSPS) is 10.2. The van der Waals surface area contributed by atoms with Crippen molar-refractivity contribution in [2.75, 3.05) is 32.0 Å². The third-order valence-electron chi connectivity index (χ3n) is 3.28. The summed E-state index contributed by atoms with van der Waals surface area (Å²) in [6.45, 7) is 7.37. The SMILES string of the molecule is C#Cc1cccc(NC(=O)CN=C(NCC)N(C)CCCC=C)c1.I. The van der Waals surface area contributed by atoms with E-state index in [0.717, 1.165) is 31.5 Å². The number of anilines is 1. The monoisotopic (exact) mass is 454 g/mol. The molecular weight excluding hydrogens is 427 g/mol. The Labute approximate surface area is 168 Å². The van der Waals surface area contributed by atoms with Crippen molar-refractivity contribution in [3.63, 3.8) is 0 Å². The average molecular weight is 454 g/mol. The number of carbonyl (C=O) groups excluding carboxylic acids is 1. The number of carbonyl (C=O) groups is 1. The number of rotatable bonds is 8. The van der Waals surface area contributed by atoms with Crippen LogP contribution in [0.3, 0.4) is 0 Å². The molecule has 0 aliphatic rings. The molecule has 0 atom stereocenters. The number of aliphatic imine (C=N–C) groups is 1. The minimum atomic E-state index is -0.181. The van der Waals surface area contributed by atoms with Gasteiger partial charge in [-0.1, -0.05) is 18.1 Å². The van der Waals surface area contributed by atoms with Crippen LogP contribution in [0.25, 0.3) is 0 Å². The van der Waals surface area contributed by atoms with Crippen LogP contribution in [-0.2, 0) is 4.79 Å². The highest BCUT2D eigenvalue weighted by molar-refractivity contribution is 14.0. The molecule has 1 aromatic carbocycles. The van der Waals surface area contributed by atoms with Crippen LogP contribution in [0.4, 0.5) is 5.69 Å². The molecule has 0 saturated heterocycles. The van der Waals surface area contributed by atoms with Crippen LogP contribution in [0.15, 0.2) is 41.9 Å². The van der Waals surface area contributed by atoms with Gasteiger partial charge in [0.2, 0.25) is 5.91 Å². The lowest BCUT2D eigenvalue weighted by Gasteiger charge is -2.21. The van der Waals surface area contributed by atoms with E-state index in [0.29, 0.717) is 11.6 Å². The Kier molecular flexibility index (Phi) is 12.2. The minimum absolute atomic E-state index is 0. The zero-order chi connectivity index (χ0) is 17.8. The van der Waals surface area contributed by atoms with Gasteiger partial charge in [0.15, 0.2) is 5.96 Å². The number of nitrogens with one attached hydrogen (secondary N) is 2. The van der Waals surface area contributed by atoms with Crippen LogP contribution in [0.5, 0.6) is 0 Å². The highest BCUT2D eigenvalue weighted by Gasteiger charge is 2.07. The lowest BCUT2D eigenvalue weighted by atomic mass is 10.2. The van der Waals surface area contributed by atoms with Gasteiger partial charge in [-0.3, -0.25) is 4.79 Å². The molecule has 0 bridgehead atoms. The molecule has 2 N–H and O–H groups in total. The van der Waals surface area contributed by atoms with Crippen molar-refractivity contribution in [1.29, 1.82) is 0 Å². The first kappa shape index (κ1) is 23.0. The Balaban J connectivity index is 0.00000576. The van der Waals surface area contributed by atoms with Gasteiger partial charge < -0.3 is 15.5 Å². The molecule has 136 valence electrons. The topological polar surface area (TPSA) is 56.7 Å². The van der Waals surface area contributed by atoms with Crippen molar-refractivity contribution in [3.8, 4) is 12.3 Å². The van der Waals surface area contributed by atoms with Gasteiger partial charge >= 0.3 is 0 Å². The van der Waals surface area contributed by atoms with Gasteiger partial charge in [-0.15, -0.1) is 37.0 Å². The molecule has 5 nitrogen and oxygen atoms in total. The Morgan fingerprint density at radius 1 is 1.48 bits per heavy atom. The van der Waals surface area contributed by atoms with Gasteiger partial charge in [0.25, 0.3) is 0 Å². The molecule has 6 heteroatoms. The molecule has 0 aliphatic carbocycles. The molecule has 25 heavy (non-hydrogen) atoms. The fourth-order valence-electron chi connectivity index (χ4n) is 2.08. The first-order chi connectivity index (χ1) is 11.6. The summed E-state index contributed by atoms with van der Waals surface area (Å²) in [6, 6.07) is 7.18. The standard InChI is InChI=1S/C19H26N4O.HI/c1-5-8-9-13-23(4)19(20-7-3)21-15-18(24)22-17-12-10-11-16(6-2)14-17;/h2,5,10-12,14H,1,7-9,13,15H2,3-4H3,(H,20,21)(H,22,24);1H. The van der Waals surface area contributed by atoms with Crippen molar-refractivity contribution >= 4 is 41.5 Å². The third-order valence-corrected chi connectivity index (χ3v) is 3.28. The fourth-order valence-corrected chi connectivity index (χ4v) is 2.08. The minimum Gasteiger partial charge on any atom is -0.357 e. The number of hydrogen-bond acceptors (Lipinski definition) is 2. The number of terminal acetylenes is 1.